The molecule has 1 aromatic heterocycles. The fourth-order valence-corrected chi connectivity index (χ4v) is 1.93. The molecular weight excluding hydrogens is 245 g/mol. The molecule has 0 aliphatic heterocycles. The van der Waals surface area contributed by atoms with Gasteiger partial charge in [-0.25, -0.2) is 4.39 Å². The van der Waals surface area contributed by atoms with E-state index in [0.717, 1.165) is 0 Å². The van der Waals surface area contributed by atoms with Gasteiger partial charge in [0.2, 0.25) is 5.78 Å². The molecule has 0 fully saturated rings. The van der Waals surface area contributed by atoms with Gasteiger partial charge in [-0.3, -0.25) is 9.69 Å². The Labute approximate surface area is 111 Å². The largest absolute Gasteiger partial charge is 0.461 e. The first-order chi connectivity index (χ1) is 9.09. The fourth-order valence-electron chi connectivity index (χ4n) is 1.93. The highest BCUT2D eigenvalue weighted by Gasteiger charge is 2.19. The molecule has 0 amide bonds. The highest BCUT2D eigenvalue weighted by Crippen LogP contribution is 2.21. The minimum absolute atomic E-state index is 0.115. The van der Waals surface area contributed by atoms with E-state index in [-0.39, 0.29) is 24.2 Å². The summed E-state index contributed by atoms with van der Waals surface area (Å²) in [5.41, 5.74) is 0.581. The van der Waals surface area contributed by atoms with Crippen molar-refractivity contribution in [3.8, 4) is 0 Å². The van der Waals surface area contributed by atoms with Crippen LogP contribution in [0.25, 0.3) is 0 Å². The summed E-state index contributed by atoms with van der Waals surface area (Å²) in [5.74, 6) is -0.0458. The molecule has 4 heteroatoms. The molecule has 1 aromatic carbocycles. The van der Waals surface area contributed by atoms with E-state index >= 15 is 0 Å². The molecule has 0 aliphatic rings. The van der Waals surface area contributed by atoms with E-state index in [0.29, 0.717) is 11.3 Å². The molecule has 0 aliphatic carbocycles. The van der Waals surface area contributed by atoms with Crippen molar-refractivity contribution in [2.24, 2.45) is 0 Å². The second-order valence-electron chi connectivity index (χ2n) is 4.51. The van der Waals surface area contributed by atoms with Crippen LogP contribution in [-0.4, -0.2) is 24.3 Å². The highest BCUT2D eigenvalue weighted by atomic mass is 19.1. The predicted octanol–water partition coefficient (Wildman–Crippen LogP) is 3.29. The van der Waals surface area contributed by atoms with Crippen molar-refractivity contribution in [1.29, 1.82) is 0 Å². The molecule has 0 radical (unpaired) electrons. The number of carbonyl (C=O) groups is 1. The van der Waals surface area contributed by atoms with Gasteiger partial charge in [-0.1, -0.05) is 18.2 Å². The average Bonchev–Trinajstić information content (AvgIpc) is 2.92. The molecule has 1 unspecified atom stereocenters. The number of Topliss-reactive ketones (excluding diaryl/α,β-unsaturated/α-hetero) is 1. The maximum absolute atomic E-state index is 13.7. The first kappa shape index (κ1) is 13.5. The summed E-state index contributed by atoms with van der Waals surface area (Å²) in [6, 6.07) is 9.72. The van der Waals surface area contributed by atoms with Gasteiger partial charge in [0, 0.05) is 11.6 Å². The van der Waals surface area contributed by atoms with Crippen LogP contribution in [0, 0.1) is 5.82 Å². The lowest BCUT2D eigenvalue weighted by Gasteiger charge is -2.24. The molecule has 1 atom stereocenters. The van der Waals surface area contributed by atoms with Gasteiger partial charge in [0.25, 0.3) is 0 Å². The fraction of sp³-hybridized carbons (Fsp3) is 0.267. The molecular formula is C15H16FNO2. The second kappa shape index (κ2) is 5.80. The van der Waals surface area contributed by atoms with E-state index in [4.69, 9.17) is 4.42 Å². The Balaban J connectivity index is 2.06. The Hall–Kier alpha value is -1.94. The molecule has 0 spiro atoms. The van der Waals surface area contributed by atoms with Crippen LogP contribution in [0.4, 0.5) is 4.39 Å². The molecule has 1 heterocycles. The zero-order valence-corrected chi connectivity index (χ0v) is 11.0. The Morgan fingerprint density at radius 2 is 2.05 bits per heavy atom. The predicted molar refractivity (Wildman–Crippen MR) is 70.5 cm³/mol. The van der Waals surface area contributed by atoms with Crippen molar-refractivity contribution < 1.29 is 13.6 Å². The zero-order valence-electron chi connectivity index (χ0n) is 11.0. The van der Waals surface area contributed by atoms with Crippen LogP contribution in [0.15, 0.2) is 47.1 Å². The van der Waals surface area contributed by atoms with Crippen LogP contribution in [0.2, 0.25) is 0 Å². The normalized spacial score (nSPS) is 12.6. The zero-order chi connectivity index (χ0) is 13.8. The quantitative estimate of drug-likeness (QED) is 0.774. The third kappa shape index (κ3) is 3.09. The standard InChI is InChI=1S/C15H16FNO2/c1-11(12-6-3-4-7-13(12)16)17(2)10-14(18)15-8-5-9-19-15/h3-9,11H,10H2,1-2H3. The molecule has 100 valence electrons. The van der Waals surface area contributed by atoms with E-state index < -0.39 is 0 Å². The van der Waals surface area contributed by atoms with Crippen molar-refractivity contribution in [3.63, 3.8) is 0 Å². The van der Waals surface area contributed by atoms with E-state index in [2.05, 4.69) is 0 Å². The van der Waals surface area contributed by atoms with Crippen molar-refractivity contribution in [3.05, 3.63) is 59.8 Å². The molecule has 0 bridgehead atoms. The molecule has 0 N–H and O–H groups in total. The first-order valence-electron chi connectivity index (χ1n) is 6.11. The SMILES string of the molecule is CC(c1ccccc1F)N(C)CC(=O)c1ccco1. The summed E-state index contributed by atoms with van der Waals surface area (Å²) in [4.78, 5) is 13.7. The summed E-state index contributed by atoms with van der Waals surface area (Å²) >= 11 is 0. The Kier molecular flexibility index (Phi) is 4.12. The monoisotopic (exact) mass is 261 g/mol. The molecule has 3 nitrogen and oxygen atoms in total. The Morgan fingerprint density at radius 3 is 2.68 bits per heavy atom. The lowest BCUT2D eigenvalue weighted by molar-refractivity contribution is 0.0896. The van der Waals surface area contributed by atoms with Gasteiger partial charge in [0.15, 0.2) is 5.76 Å². The molecule has 0 saturated carbocycles. The van der Waals surface area contributed by atoms with Gasteiger partial charge in [-0.15, -0.1) is 0 Å². The van der Waals surface area contributed by atoms with E-state index in [1.807, 2.05) is 6.92 Å². The average molecular weight is 261 g/mol. The van der Waals surface area contributed by atoms with E-state index in [1.165, 1.54) is 12.3 Å². The van der Waals surface area contributed by atoms with Crippen LogP contribution in [-0.2, 0) is 0 Å². The minimum Gasteiger partial charge on any atom is -0.461 e. The lowest BCUT2D eigenvalue weighted by Crippen LogP contribution is -2.29. The summed E-state index contributed by atoms with van der Waals surface area (Å²) < 4.78 is 18.7. The number of ketones is 1. The van der Waals surface area contributed by atoms with Gasteiger partial charge in [-0.2, -0.15) is 0 Å². The lowest BCUT2D eigenvalue weighted by atomic mass is 10.1. The van der Waals surface area contributed by atoms with Gasteiger partial charge in [0.1, 0.15) is 5.82 Å². The van der Waals surface area contributed by atoms with Gasteiger partial charge in [0.05, 0.1) is 12.8 Å². The number of nitrogens with zero attached hydrogens (tertiary/aromatic N) is 1. The smallest absolute Gasteiger partial charge is 0.211 e. The summed E-state index contributed by atoms with van der Waals surface area (Å²) in [5, 5.41) is 0. The van der Waals surface area contributed by atoms with Crippen LogP contribution in [0.1, 0.15) is 29.1 Å². The topological polar surface area (TPSA) is 33.5 Å². The minimum atomic E-state index is -0.257. The number of furan rings is 1. The Bertz CT molecular complexity index is 551. The number of hydrogen-bond acceptors (Lipinski definition) is 3. The maximum atomic E-state index is 13.7. The van der Waals surface area contributed by atoms with Crippen LogP contribution in [0.3, 0.4) is 0 Å². The Morgan fingerprint density at radius 1 is 1.32 bits per heavy atom. The number of carbonyl (C=O) groups excluding carboxylic acids is 1. The van der Waals surface area contributed by atoms with Crippen molar-refractivity contribution in [1.82, 2.24) is 4.90 Å². The van der Waals surface area contributed by atoms with Gasteiger partial charge >= 0.3 is 0 Å². The van der Waals surface area contributed by atoms with E-state index in [1.54, 1.807) is 42.3 Å². The van der Waals surface area contributed by atoms with Crippen LogP contribution in [0.5, 0.6) is 0 Å². The summed E-state index contributed by atoms with van der Waals surface area (Å²) in [7, 11) is 1.79. The number of rotatable bonds is 5. The maximum Gasteiger partial charge on any atom is 0.211 e. The summed E-state index contributed by atoms with van der Waals surface area (Å²) in [6.07, 6.45) is 1.47. The molecule has 0 saturated heterocycles. The van der Waals surface area contributed by atoms with Crippen molar-refractivity contribution >= 4 is 5.78 Å². The molecule has 2 aromatic rings. The number of halogens is 1. The summed E-state index contributed by atoms with van der Waals surface area (Å²) in [6.45, 7) is 2.05. The van der Waals surface area contributed by atoms with Crippen molar-refractivity contribution in [2.75, 3.05) is 13.6 Å². The number of hydrogen-bond donors (Lipinski definition) is 0. The van der Waals surface area contributed by atoms with E-state index in [9.17, 15) is 9.18 Å². The third-order valence-electron chi connectivity index (χ3n) is 3.21. The highest BCUT2D eigenvalue weighted by molar-refractivity contribution is 5.95. The van der Waals surface area contributed by atoms with Crippen molar-refractivity contribution in [2.45, 2.75) is 13.0 Å². The first-order valence-corrected chi connectivity index (χ1v) is 6.11. The van der Waals surface area contributed by atoms with Gasteiger partial charge in [-0.05, 0) is 32.2 Å². The molecule has 19 heavy (non-hydrogen) atoms. The van der Waals surface area contributed by atoms with Gasteiger partial charge < -0.3 is 4.42 Å². The van der Waals surface area contributed by atoms with Crippen LogP contribution >= 0.6 is 0 Å². The van der Waals surface area contributed by atoms with Crippen LogP contribution < -0.4 is 0 Å². The number of likely N-dealkylation sites (N-methyl/N-ethyl adjacent to an activating group) is 1. The third-order valence-corrected chi connectivity index (χ3v) is 3.21. The molecule has 2 rings (SSSR count). The second-order valence-corrected chi connectivity index (χ2v) is 4.51. The number of benzene rings is 1.